The van der Waals surface area contributed by atoms with Crippen LogP contribution in [0.3, 0.4) is 0 Å². The first kappa shape index (κ1) is 23.7. The fraction of sp³-hybridized carbons (Fsp3) is 0.632. The molecule has 1 heterocycles. The first-order chi connectivity index (χ1) is 13.6. The third kappa shape index (κ3) is 6.74. The van der Waals surface area contributed by atoms with E-state index in [9.17, 15) is 13.2 Å². The average Bonchev–Trinajstić information content (AvgIpc) is 2.65. The van der Waals surface area contributed by atoms with Gasteiger partial charge in [0.25, 0.3) is 0 Å². The van der Waals surface area contributed by atoms with Gasteiger partial charge in [0.05, 0.1) is 24.1 Å². The lowest BCUT2D eigenvalue weighted by Gasteiger charge is -2.32. The maximum atomic E-state index is 12.6. The quantitative estimate of drug-likeness (QED) is 0.575. The Bertz CT molecular complexity index is 797. The number of benzene rings is 1. The summed E-state index contributed by atoms with van der Waals surface area (Å²) in [6.45, 7) is 7.13. The molecule has 0 unspecified atom stereocenters. The molecule has 1 aliphatic rings. The average molecular weight is 447 g/mol. The number of nitrogens with zero attached hydrogens (tertiary/aromatic N) is 3. The molecule has 0 radical (unpaired) electrons. The van der Waals surface area contributed by atoms with E-state index in [-0.39, 0.29) is 10.9 Å². The highest BCUT2D eigenvalue weighted by Gasteiger charge is 2.29. The molecular formula is C19H31ClN4O4S. The van der Waals surface area contributed by atoms with E-state index in [1.807, 2.05) is 0 Å². The smallest absolute Gasteiger partial charge is 0.243 e. The summed E-state index contributed by atoms with van der Waals surface area (Å²) < 4.78 is 30.9. The normalized spacial score (nSPS) is 17.0. The molecule has 0 aromatic heterocycles. The van der Waals surface area contributed by atoms with Gasteiger partial charge in [0.15, 0.2) is 0 Å². The number of hydrogen-bond donors (Lipinski definition) is 1. The van der Waals surface area contributed by atoms with E-state index in [0.29, 0.717) is 18.0 Å². The molecule has 1 aromatic carbocycles. The van der Waals surface area contributed by atoms with Crippen LogP contribution in [0.15, 0.2) is 18.2 Å². The molecule has 1 amide bonds. The summed E-state index contributed by atoms with van der Waals surface area (Å²) in [4.78, 5) is 17.3. The summed E-state index contributed by atoms with van der Waals surface area (Å²) >= 11 is 6.14. The number of sulfonamides is 1. The number of rotatable bonds is 9. The number of nitrogens with one attached hydrogen (secondary N) is 1. The number of methoxy groups -OCH3 is 1. The monoisotopic (exact) mass is 446 g/mol. The third-order valence-electron chi connectivity index (χ3n) is 5.02. The Morgan fingerprint density at radius 2 is 1.97 bits per heavy atom. The molecule has 2 rings (SSSR count). The van der Waals surface area contributed by atoms with Gasteiger partial charge in [-0.1, -0.05) is 11.6 Å². The first-order valence-corrected chi connectivity index (χ1v) is 11.9. The molecule has 8 nitrogen and oxygen atoms in total. The Hall–Kier alpha value is -1.55. The van der Waals surface area contributed by atoms with Gasteiger partial charge in [0.1, 0.15) is 11.8 Å². The van der Waals surface area contributed by atoms with Gasteiger partial charge in [-0.05, 0) is 45.1 Å². The molecule has 1 atom stereocenters. The largest absolute Gasteiger partial charge is 0.495 e. The van der Waals surface area contributed by atoms with Crippen LogP contribution in [0, 0.1) is 0 Å². The number of hydrogen-bond acceptors (Lipinski definition) is 6. The highest BCUT2D eigenvalue weighted by molar-refractivity contribution is 7.92. The van der Waals surface area contributed by atoms with Gasteiger partial charge in [0.2, 0.25) is 15.9 Å². The number of carbonyl (C=O) groups is 1. The second-order valence-electron chi connectivity index (χ2n) is 7.34. The van der Waals surface area contributed by atoms with E-state index in [1.165, 1.54) is 13.2 Å². The van der Waals surface area contributed by atoms with Crippen molar-refractivity contribution in [2.75, 3.05) is 64.0 Å². The van der Waals surface area contributed by atoms with Crippen molar-refractivity contribution in [1.82, 2.24) is 15.1 Å². The third-order valence-corrected chi connectivity index (χ3v) is 6.56. The van der Waals surface area contributed by atoms with Gasteiger partial charge in [0, 0.05) is 32.7 Å². The number of halogens is 1. The van der Waals surface area contributed by atoms with Crippen molar-refractivity contribution >= 4 is 33.2 Å². The molecule has 10 heteroatoms. The lowest BCUT2D eigenvalue weighted by atomic mass is 10.2. The van der Waals surface area contributed by atoms with Crippen molar-refractivity contribution < 1.29 is 17.9 Å². The van der Waals surface area contributed by atoms with Gasteiger partial charge in [-0.3, -0.25) is 9.10 Å². The number of amides is 1. The van der Waals surface area contributed by atoms with Crippen LogP contribution >= 0.6 is 11.6 Å². The highest BCUT2D eigenvalue weighted by Crippen LogP contribution is 2.31. The second kappa shape index (κ2) is 10.5. The SMILES string of the molecule is COc1ccc(N([C@@H](C)C(=O)NCCCN2CCN(C)CC2)S(C)(=O)=O)cc1Cl. The topological polar surface area (TPSA) is 82.2 Å². The predicted molar refractivity (Wildman–Crippen MR) is 116 cm³/mol. The van der Waals surface area contributed by atoms with Crippen LogP contribution in [0.5, 0.6) is 5.75 Å². The maximum Gasteiger partial charge on any atom is 0.243 e. The molecule has 0 aliphatic carbocycles. The molecule has 0 saturated carbocycles. The minimum Gasteiger partial charge on any atom is -0.495 e. The predicted octanol–water partition coefficient (Wildman–Crippen LogP) is 1.26. The van der Waals surface area contributed by atoms with Crippen LogP contribution in [0.25, 0.3) is 0 Å². The number of ether oxygens (including phenoxy) is 1. The van der Waals surface area contributed by atoms with E-state index in [1.54, 1.807) is 19.1 Å². The molecule has 1 fully saturated rings. The Balaban J connectivity index is 1.95. The molecule has 0 bridgehead atoms. The Morgan fingerprint density at radius 1 is 1.31 bits per heavy atom. The number of carbonyl (C=O) groups excluding carboxylic acids is 1. The Kier molecular flexibility index (Phi) is 8.57. The molecule has 1 saturated heterocycles. The van der Waals surface area contributed by atoms with Gasteiger partial charge < -0.3 is 19.9 Å². The van der Waals surface area contributed by atoms with E-state index in [4.69, 9.17) is 16.3 Å². The van der Waals surface area contributed by atoms with Gasteiger partial charge in [-0.2, -0.15) is 0 Å². The Morgan fingerprint density at radius 3 is 2.52 bits per heavy atom. The van der Waals surface area contributed by atoms with Crippen molar-refractivity contribution in [3.05, 3.63) is 23.2 Å². The van der Waals surface area contributed by atoms with Crippen LogP contribution < -0.4 is 14.4 Å². The minimum absolute atomic E-state index is 0.276. The van der Waals surface area contributed by atoms with Crippen LogP contribution in [-0.2, 0) is 14.8 Å². The zero-order valence-corrected chi connectivity index (χ0v) is 19.1. The fourth-order valence-corrected chi connectivity index (χ4v) is 4.75. The van der Waals surface area contributed by atoms with Gasteiger partial charge in [-0.15, -0.1) is 0 Å². The molecule has 0 spiro atoms. The molecule has 1 N–H and O–H groups in total. The second-order valence-corrected chi connectivity index (χ2v) is 9.61. The molecule has 164 valence electrons. The lowest BCUT2D eigenvalue weighted by molar-refractivity contribution is -0.121. The summed E-state index contributed by atoms with van der Waals surface area (Å²) in [5.41, 5.74) is 0.318. The maximum absolute atomic E-state index is 12.6. The van der Waals surface area contributed by atoms with Crippen LogP contribution in [0.1, 0.15) is 13.3 Å². The minimum atomic E-state index is -3.69. The first-order valence-electron chi connectivity index (χ1n) is 9.65. The molecular weight excluding hydrogens is 416 g/mol. The Labute approximate surface area is 178 Å². The van der Waals surface area contributed by atoms with Crippen LogP contribution in [0.4, 0.5) is 5.69 Å². The lowest BCUT2D eigenvalue weighted by Crippen LogP contribution is -2.48. The van der Waals surface area contributed by atoms with E-state index in [0.717, 1.165) is 49.7 Å². The number of likely N-dealkylation sites (N-methyl/N-ethyl adjacent to an activating group) is 1. The van der Waals surface area contributed by atoms with E-state index >= 15 is 0 Å². The summed E-state index contributed by atoms with van der Waals surface area (Å²) in [5.74, 6) is 0.0885. The summed E-state index contributed by atoms with van der Waals surface area (Å²) in [6, 6.07) is 3.73. The zero-order chi connectivity index (χ0) is 21.6. The van der Waals surface area contributed by atoms with Crippen molar-refractivity contribution in [1.29, 1.82) is 0 Å². The molecule has 1 aromatic rings. The van der Waals surface area contributed by atoms with Gasteiger partial charge in [-0.25, -0.2) is 8.42 Å². The zero-order valence-electron chi connectivity index (χ0n) is 17.5. The summed E-state index contributed by atoms with van der Waals surface area (Å²) in [5, 5.41) is 3.13. The van der Waals surface area contributed by atoms with Gasteiger partial charge >= 0.3 is 0 Å². The molecule has 29 heavy (non-hydrogen) atoms. The van der Waals surface area contributed by atoms with Crippen molar-refractivity contribution in [2.24, 2.45) is 0 Å². The molecule has 1 aliphatic heterocycles. The van der Waals surface area contributed by atoms with Crippen molar-refractivity contribution in [3.8, 4) is 5.75 Å². The number of anilines is 1. The van der Waals surface area contributed by atoms with E-state index < -0.39 is 16.1 Å². The summed E-state index contributed by atoms with van der Waals surface area (Å²) in [6.07, 6.45) is 1.89. The van der Waals surface area contributed by atoms with Crippen molar-refractivity contribution in [2.45, 2.75) is 19.4 Å². The van der Waals surface area contributed by atoms with Crippen LogP contribution in [0.2, 0.25) is 5.02 Å². The van der Waals surface area contributed by atoms with Crippen LogP contribution in [-0.4, -0.2) is 89.8 Å². The fourth-order valence-electron chi connectivity index (χ4n) is 3.33. The van der Waals surface area contributed by atoms with Crippen molar-refractivity contribution in [3.63, 3.8) is 0 Å². The highest BCUT2D eigenvalue weighted by atomic mass is 35.5. The number of piperazine rings is 1. The van der Waals surface area contributed by atoms with E-state index in [2.05, 4.69) is 22.2 Å². The standard InChI is InChI=1S/C19H31ClN4O4S/c1-15(19(25)21-8-5-9-23-12-10-22(2)11-13-23)24(29(4,26)27)16-6-7-18(28-3)17(20)14-16/h6-7,14-15H,5,8-13H2,1-4H3,(H,21,25)/t15-/m0/s1. The summed E-state index contributed by atoms with van der Waals surface area (Å²) in [7, 11) is -0.0982.